The number of nitrogens with two attached hydrogens (primary N) is 1. The van der Waals surface area contributed by atoms with Crippen LogP contribution in [0.4, 0.5) is 11.6 Å². The molecule has 3 rings (SSSR count). The molecule has 2 saturated carbocycles. The molecule has 0 aromatic carbocycles. The molecular weight excluding hydrogens is 280 g/mol. The predicted molar refractivity (Wildman–Crippen MR) is 91.0 cm³/mol. The number of hydrogen-bond acceptors (Lipinski definition) is 5. The fourth-order valence-electron chi connectivity index (χ4n) is 3.14. The van der Waals surface area contributed by atoms with Gasteiger partial charge in [0, 0.05) is 22.8 Å². The van der Waals surface area contributed by atoms with Gasteiger partial charge < -0.3 is 11.1 Å². The van der Waals surface area contributed by atoms with Crippen molar-refractivity contribution in [1.29, 1.82) is 0 Å². The molecule has 0 unspecified atom stereocenters. The SMILES string of the molecule is CSC1(CNc2nc(C3CC3)nc(N)c2C)CCCCC1. The smallest absolute Gasteiger partial charge is 0.136 e. The Labute approximate surface area is 131 Å². The van der Waals surface area contributed by atoms with Crippen molar-refractivity contribution in [1.82, 2.24) is 9.97 Å². The van der Waals surface area contributed by atoms with E-state index in [0.29, 0.717) is 16.5 Å². The maximum Gasteiger partial charge on any atom is 0.136 e. The Morgan fingerprint density at radius 1 is 1.24 bits per heavy atom. The number of nitrogens with zero attached hydrogens (tertiary/aromatic N) is 2. The summed E-state index contributed by atoms with van der Waals surface area (Å²) in [7, 11) is 0. The van der Waals surface area contributed by atoms with Crippen LogP contribution in [-0.4, -0.2) is 27.5 Å². The fourth-order valence-corrected chi connectivity index (χ4v) is 4.06. The Hall–Kier alpha value is -0.970. The van der Waals surface area contributed by atoms with Crippen LogP contribution in [-0.2, 0) is 0 Å². The van der Waals surface area contributed by atoms with Crippen LogP contribution in [0.3, 0.4) is 0 Å². The molecule has 0 saturated heterocycles. The molecule has 1 aromatic heterocycles. The molecule has 1 aromatic rings. The Morgan fingerprint density at radius 2 is 1.95 bits per heavy atom. The van der Waals surface area contributed by atoms with Crippen molar-refractivity contribution in [2.24, 2.45) is 0 Å². The predicted octanol–water partition coefficient (Wildman–Crippen LogP) is 3.72. The summed E-state index contributed by atoms with van der Waals surface area (Å²) in [5.41, 5.74) is 7.06. The second-order valence-corrected chi connectivity index (χ2v) is 7.79. The molecule has 116 valence electrons. The highest BCUT2D eigenvalue weighted by Gasteiger charge is 2.32. The summed E-state index contributed by atoms with van der Waals surface area (Å²) in [6.07, 6.45) is 11.3. The minimum atomic E-state index is 0.365. The van der Waals surface area contributed by atoms with Crippen LogP contribution in [0, 0.1) is 6.92 Å². The molecule has 0 bridgehead atoms. The molecule has 0 spiro atoms. The van der Waals surface area contributed by atoms with Crippen LogP contribution in [0.5, 0.6) is 0 Å². The fraction of sp³-hybridized carbons (Fsp3) is 0.750. The zero-order chi connectivity index (χ0) is 14.9. The lowest BCUT2D eigenvalue weighted by molar-refractivity contribution is 0.411. The quantitative estimate of drug-likeness (QED) is 0.868. The molecule has 0 atom stereocenters. The van der Waals surface area contributed by atoms with Crippen molar-refractivity contribution in [3.05, 3.63) is 11.4 Å². The first-order valence-electron chi connectivity index (χ1n) is 8.06. The summed E-state index contributed by atoms with van der Waals surface area (Å²) in [6.45, 7) is 3.00. The number of hydrogen-bond donors (Lipinski definition) is 2. The van der Waals surface area contributed by atoms with E-state index < -0.39 is 0 Å². The highest BCUT2D eigenvalue weighted by molar-refractivity contribution is 8.00. The van der Waals surface area contributed by atoms with Crippen molar-refractivity contribution >= 4 is 23.4 Å². The van der Waals surface area contributed by atoms with Gasteiger partial charge in [0.25, 0.3) is 0 Å². The first-order valence-corrected chi connectivity index (χ1v) is 9.29. The average molecular weight is 306 g/mol. The molecule has 2 fully saturated rings. The highest BCUT2D eigenvalue weighted by atomic mass is 32.2. The molecule has 1 heterocycles. The molecule has 4 nitrogen and oxygen atoms in total. The van der Waals surface area contributed by atoms with Crippen LogP contribution >= 0.6 is 11.8 Å². The Balaban J connectivity index is 1.74. The number of nitrogen functional groups attached to an aromatic ring is 1. The highest BCUT2D eigenvalue weighted by Crippen LogP contribution is 2.40. The summed E-state index contributed by atoms with van der Waals surface area (Å²) < 4.78 is 0.365. The molecule has 5 heteroatoms. The van der Waals surface area contributed by atoms with E-state index in [1.165, 1.54) is 44.9 Å². The van der Waals surface area contributed by atoms with Crippen molar-refractivity contribution in [3.8, 4) is 0 Å². The summed E-state index contributed by atoms with van der Waals surface area (Å²) in [4.78, 5) is 9.18. The van der Waals surface area contributed by atoms with Crippen LogP contribution in [0.1, 0.15) is 62.3 Å². The lowest BCUT2D eigenvalue weighted by Crippen LogP contribution is -2.36. The molecule has 3 N–H and O–H groups in total. The standard InChI is InChI=1S/C16H26N4S/c1-11-13(17)19-15(12-6-7-12)20-14(11)18-10-16(21-2)8-4-3-5-9-16/h12H,3-10H2,1-2H3,(H3,17,18,19,20). The third kappa shape index (κ3) is 3.28. The van der Waals surface area contributed by atoms with E-state index in [4.69, 9.17) is 10.7 Å². The third-order valence-electron chi connectivity index (χ3n) is 4.92. The average Bonchev–Trinajstić information content (AvgIpc) is 3.34. The van der Waals surface area contributed by atoms with E-state index in [9.17, 15) is 0 Å². The second-order valence-electron chi connectivity index (χ2n) is 6.52. The monoisotopic (exact) mass is 306 g/mol. The molecule has 2 aliphatic carbocycles. The minimum Gasteiger partial charge on any atom is -0.383 e. The largest absolute Gasteiger partial charge is 0.383 e. The van der Waals surface area contributed by atoms with Crippen molar-refractivity contribution in [2.75, 3.05) is 23.9 Å². The molecule has 21 heavy (non-hydrogen) atoms. The first kappa shape index (κ1) is 14.9. The second kappa shape index (κ2) is 6.03. The van der Waals surface area contributed by atoms with Gasteiger partial charge in [0.15, 0.2) is 0 Å². The number of anilines is 2. The van der Waals surface area contributed by atoms with E-state index in [1.54, 1.807) is 0 Å². The van der Waals surface area contributed by atoms with E-state index in [1.807, 2.05) is 18.7 Å². The molecule has 0 amide bonds. The van der Waals surface area contributed by atoms with Crippen molar-refractivity contribution < 1.29 is 0 Å². The molecule has 0 aliphatic heterocycles. The van der Waals surface area contributed by atoms with Gasteiger partial charge >= 0.3 is 0 Å². The van der Waals surface area contributed by atoms with Gasteiger partial charge in [-0.15, -0.1) is 0 Å². The van der Waals surface area contributed by atoms with Gasteiger partial charge in [-0.05, 0) is 38.9 Å². The normalized spacial score (nSPS) is 21.2. The lowest BCUT2D eigenvalue weighted by Gasteiger charge is -2.36. The van der Waals surface area contributed by atoms with Gasteiger partial charge in [-0.1, -0.05) is 19.3 Å². The van der Waals surface area contributed by atoms with Crippen LogP contribution in [0.25, 0.3) is 0 Å². The third-order valence-corrected chi connectivity index (χ3v) is 6.34. The topological polar surface area (TPSA) is 63.8 Å². The molecule has 0 radical (unpaired) electrons. The zero-order valence-corrected chi connectivity index (χ0v) is 13.9. The summed E-state index contributed by atoms with van der Waals surface area (Å²) >= 11 is 2.01. The molecular formula is C16H26N4S. The van der Waals surface area contributed by atoms with Crippen LogP contribution < -0.4 is 11.1 Å². The maximum atomic E-state index is 6.06. The van der Waals surface area contributed by atoms with Crippen molar-refractivity contribution in [3.63, 3.8) is 0 Å². The zero-order valence-electron chi connectivity index (χ0n) is 13.1. The van der Waals surface area contributed by atoms with Crippen LogP contribution in [0.2, 0.25) is 0 Å². The Kier molecular flexibility index (Phi) is 4.29. The summed E-state index contributed by atoms with van der Waals surface area (Å²) in [6, 6.07) is 0. The summed E-state index contributed by atoms with van der Waals surface area (Å²) in [5.74, 6) is 3.06. The van der Waals surface area contributed by atoms with Gasteiger partial charge in [-0.2, -0.15) is 11.8 Å². The lowest BCUT2D eigenvalue weighted by atomic mass is 9.88. The van der Waals surface area contributed by atoms with Gasteiger partial charge in [0.2, 0.25) is 0 Å². The van der Waals surface area contributed by atoms with Gasteiger partial charge in [0.1, 0.15) is 17.5 Å². The minimum absolute atomic E-state index is 0.365. The van der Waals surface area contributed by atoms with Crippen LogP contribution in [0.15, 0.2) is 0 Å². The van der Waals surface area contributed by atoms with E-state index in [0.717, 1.165) is 23.8 Å². The maximum absolute atomic E-state index is 6.06. The summed E-state index contributed by atoms with van der Waals surface area (Å²) in [5, 5.41) is 3.59. The van der Waals surface area contributed by atoms with E-state index >= 15 is 0 Å². The number of nitrogens with one attached hydrogen (secondary N) is 1. The Morgan fingerprint density at radius 3 is 2.57 bits per heavy atom. The number of aromatic nitrogens is 2. The number of rotatable bonds is 5. The van der Waals surface area contributed by atoms with Crippen molar-refractivity contribution in [2.45, 2.75) is 62.5 Å². The van der Waals surface area contributed by atoms with Gasteiger partial charge in [-0.25, -0.2) is 9.97 Å². The van der Waals surface area contributed by atoms with Gasteiger partial charge in [0.05, 0.1) is 0 Å². The number of thioether (sulfide) groups is 1. The van der Waals surface area contributed by atoms with E-state index in [2.05, 4.69) is 16.6 Å². The first-order chi connectivity index (χ1) is 10.1. The van der Waals surface area contributed by atoms with E-state index in [-0.39, 0.29) is 0 Å². The Bertz CT molecular complexity index is 507. The van der Waals surface area contributed by atoms with Gasteiger partial charge in [-0.3, -0.25) is 0 Å². The molecule has 2 aliphatic rings.